The largest absolute Gasteiger partial charge is 0.493 e. The van der Waals surface area contributed by atoms with E-state index in [4.69, 9.17) is 9.47 Å². The predicted molar refractivity (Wildman–Crippen MR) is 71.0 cm³/mol. The normalized spacial score (nSPS) is 10.4. The van der Waals surface area contributed by atoms with E-state index >= 15 is 0 Å². The average molecular weight is 255 g/mol. The Morgan fingerprint density at radius 2 is 1.72 bits per heavy atom. The summed E-state index contributed by atoms with van der Waals surface area (Å²) in [5.74, 6) is 0.805. The van der Waals surface area contributed by atoms with Gasteiger partial charge < -0.3 is 14.8 Å². The standard InChI is InChI=1S/C14H22FNO2/c1-16-8-6-4-5-7-11-9-13(17-2)14(18-3)10-12(11)15/h9-10,16H,4-8H2,1-3H3. The number of hydrogen-bond donors (Lipinski definition) is 1. The second-order valence-corrected chi connectivity index (χ2v) is 4.21. The summed E-state index contributed by atoms with van der Waals surface area (Å²) in [5.41, 5.74) is 0.692. The maximum atomic E-state index is 13.8. The number of rotatable bonds is 8. The van der Waals surface area contributed by atoms with Crippen LogP contribution < -0.4 is 14.8 Å². The van der Waals surface area contributed by atoms with Gasteiger partial charge in [-0.05, 0) is 44.5 Å². The molecule has 0 saturated carbocycles. The van der Waals surface area contributed by atoms with Crippen molar-refractivity contribution >= 4 is 0 Å². The van der Waals surface area contributed by atoms with Crippen LogP contribution in [0.5, 0.6) is 11.5 Å². The topological polar surface area (TPSA) is 30.5 Å². The third-order valence-corrected chi connectivity index (χ3v) is 2.93. The first-order valence-electron chi connectivity index (χ1n) is 6.28. The number of unbranched alkanes of at least 4 members (excludes halogenated alkanes) is 2. The van der Waals surface area contributed by atoms with E-state index in [0.717, 1.165) is 32.2 Å². The van der Waals surface area contributed by atoms with Crippen LogP contribution >= 0.6 is 0 Å². The molecule has 0 fully saturated rings. The number of aryl methyl sites for hydroxylation is 1. The van der Waals surface area contributed by atoms with Crippen molar-refractivity contribution in [2.24, 2.45) is 0 Å². The highest BCUT2D eigenvalue weighted by Crippen LogP contribution is 2.30. The molecule has 0 bridgehead atoms. The summed E-state index contributed by atoms with van der Waals surface area (Å²) in [6.45, 7) is 1.01. The molecule has 0 saturated heterocycles. The van der Waals surface area contributed by atoms with Crippen molar-refractivity contribution in [2.45, 2.75) is 25.7 Å². The van der Waals surface area contributed by atoms with Crippen LogP contribution in [0.3, 0.4) is 0 Å². The van der Waals surface area contributed by atoms with Crippen LogP contribution in [0, 0.1) is 5.82 Å². The fourth-order valence-electron chi connectivity index (χ4n) is 1.88. The van der Waals surface area contributed by atoms with Crippen LogP contribution in [0.1, 0.15) is 24.8 Å². The molecule has 0 radical (unpaired) electrons. The molecule has 0 aliphatic rings. The minimum Gasteiger partial charge on any atom is -0.493 e. The van der Waals surface area contributed by atoms with Crippen LogP contribution in [0.2, 0.25) is 0 Å². The van der Waals surface area contributed by atoms with Gasteiger partial charge >= 0.3 is 0 Å². The Bertz CT molecular complexity index is 369. The molecule has 102 valence electrons. The summed E-state index contributed by atoms with van der Waals surface area (Å²) < 4.78 is 24.0. The smallest absolute Gasteiger partial charge is 0.163 e. The minimum absolute atomic E-state index is 0.221. The SMILES string of the molecule is CNCCCCCc1cc(OC)c(OC)cc1F. The molecule has 0 amide bonds. The number of halogens is 1. The van der Waals surface area contributed by atoms with Gasteiger partial charge in [-0.3, -0.25) is 0 Å². The van der Waals surface area contributed by atoms with Crippen molar-refractivity contribution < 1.29 is 13.9 Å². The molecule has 0 heterocycles. The van der Waals surface area contributed by atoms with Crippen molar-refractivity contribution in [3.8, 4) is 11.5 Å². The number of benzene rings is 1. The van der Waals surface area contributed by atoms with Gasteiger partial charge in [-0.25, -0.2) is 4.39 Å². The number of ether oxygens (including phenoxy) is 2. The fraction of sp³-hybridized carbons (Fsp3) is 0.571. The maximum absolute atomic E-state index is 13.8. The predicted octanol–water partition coefficient (Wildman–Crippen LogP) is 2.78. The van der Waals surface area contributed by atoms with Crippen molar-refractivity contribution in [1.82, 2.24) is 5.32 Å². The summed E-state index contributed by atoms with van der Waals surface area (Å²) in [6.07, 6.45) is 3.92. The molecule has 0 atom stereocenters. The summed E-state index contributed by atoms with van der Waals surface area (Å²) in [7, 11) is 5.01. The lowest BCUT2D eigenvalue weighted by Gasteiger charge is -2.11. The third-order valence-electron chi connectivity index (χ3n) is 2.93. The van der Waals surface area contributed by atoms with Crippen LogP contribution in [-0.4, -0.2) is 27.8 Å². The lowest BCUT2D eigenvalue weighted by Crippen LogP contribution is -2.07. The Hall–Kier alpha value is -1.29. The van der Waals surface area contributed by atoms with E-state index in [0.29, 0.717) is 17.1 Å². The second kappa shape index (κ2) is 7.93. The lowest BCUT2D eigenvalue weighted by atomic mass is 10.1. The maximum Gasteiger partial charge on any atom is 0.163 e. The van der Waals surface area contributed by atoms with Gasteiger partial charge in [0.1, 0.15) is 5.82 Å². The van der Waals surface area contributed by atoms with Gasteiger partial charge in [0.2, 0.25) is 0 Å². The molecule has 0 spiro atoms. The Labute approximate surface area is 108 Å². The van der Waals surface area contributed by atoms with Crippen molar-refractivity contribution in [2.75, 3.05) is 27.8 Å². The zero-order valence-electron chi connectivity index (χ0n) is 11.4. The molecule has 0 aliphatic heterocycles. The lowest BCUT2D eigenvalue weighted by molar-refractivity contribution is 0.351. The van der Waals surface area contributed by atoms with E-state index in [2.05, 4.69) is 5.32 Å². The summed E-state index contributed by atoms with van der Waals surface area (Å²) in [6, 6.07) is 3.12. The Morgan fingerprint density at radius 3 is 2.33 bits per heavy atom. The zero-order valence-corrected chi connectivity index (χ0v) is 11.4. The summed E-state index contributed by atoms with van der Waals surface area (Å²) >= 11 is 0. The molecule has 0 unspecified atom stereocenters. The van der Waals surface area contributed by atoms with Gasteiger partial charge in [0.15, 0.2) is 11.5 Å². The van der Waals surface area contributed by atoms with Gasteiger partial charge in [0.25, 0.3) is 0 Å². The Morgan fingerprint density at radius 1 is 1.06 bits per heavy atom. The van der Waals surface area contributed by atoms with E-state index < -0.39 is 0 Å². The van der Waals surface area contributed by atoms with Gasteiger partial charge in [-0.15, -0.1) is 0 Å². The van der Waals surface area contributed by atoms with Crippen LogP contribution in [0.25, 0.3) is 0 Å². The first-order chi connectivity index (χ1) is 8.72. The van der Waals surface area contributed by atoms with Gasteiger partial charge in [-0.2, -0.15) is 0 Å². The van der Waals surface area contributed by atoms with Gasteiger partial charge in [0, 0.05) is 6.07 Å². The number of hydrogen-bond acceptors (Lipinski definition) is 3. The van der Waals surface area contributed by atoms with E-state index in [-0.39, 0.29) is 5.82 Å². The Balaban J connectivity index is 2.59. The molecule has 1 rings (SSSR count). The van der Waals surface area contributed by atoms with Crippen molar-refractivity contribution in [3.63, 3.8) is 0 Å². The van der Waals surface area contributed by atoms with Crippen molar-refractivity contribution in [3.05, 3.63) is 23.5 Å². The summed E-state index contributed by atoms with van der Waals surface area (Å²) in [5, 5.41) is 3.10. The van der Waals surface area contributed by atoms with Gasteiger partial charge in [0.05, 0.1) is 14.2 Å². The third kappa shape index (κ3) is 4.18. The van der Waals surface area contributed by atoms with Crippen molar-refractivity contribution in [1.29, 1.82) is 0 Å². The second-order valence-electron chi connectivity index (χ2n) is 4.21. The minimum atomic E-state index is -0.221. The highest BCUT2D eigenvalue weighted by atomic mass is 19.1. The molecular weight excluding hydrogens is 233 g/mol. The number of methoxy groups -OCH3 is 2. The number of nitrogens with one attached hydrogen (secondary N) is 1. The molecular formula is C14H22FNO2. The molecule has 1 N–H and O–H groups in total. The monoisotopic (exact) mass is 255 g/mol. The van der Waals surface area contributed by atoms with E-state index in [1.165, 1.54) is 13.2 Å². The fourth-order valence-corrected chi connectivity index (χ4v) is 1.88. The first-order valence-corrected chi connectivity index (χ1v) is 6.28. The van der Waals surface area contributed by atoms with E-state index in [9.17, 15) is 4.39 Å². The molecule has 0 aliphatic carbocycles. The molecule has 1 aromatic carbocycles. The molecule has 3 nitrogen and oxygen atoms in total. The summed E-state index contributed by atoms with van der Waals surface area (Å²) in [4.78, 5) is 0. The quantitative estimate of drug-likeness (QED) is 0.725. The van der Waals surface area contributed by atoms with Gasteiger partial charge in [-0.1, -0.05) is 6.42 Å². The van der Waals surface area contributed by atoms with Crippen LogP contribution in [0.4, 0.5) is 4.39 Å². The van der Waals surface area contributed by atoms with Crippen LogP contribution in [0.15, 0.2) is 12.1 Å². The highest BCUT2D eigenvalue weighted by molar-refractivity contribution is 5.43. The van der Waals surface area contributed by atoms with E-state index in [1.807, 2.05) is 7.05 Å². The van der Waals surface area contributed by atoms with Crippen LogP contribution in [-0.2, 0) is 6.42 Å². The Kier molecular flexibility index (Phi) is 6.50. The average Bonchev–Trinajstić information content (AvgIpc) is 2.39. The van der Waals surface area contributed by atoms with E-state index in [1.54, 1.807) is 13.2 Å². The molecule has 0 aromatic heterocycles. The molecule has 1 aromatic rings. The molecule has 18 heavy (non-hydrogen) atoms. The highest BCUT2D eigenvalue weighted by Gasteiger charge is 2.10. The zero-order chi connectivity index (χ0) is 13.4. The first kappa shape index (κ1) is 14.8. The molecule has 4 heteroatoms.